The number of carbonyl (C=O) groups is 2. The molecule has 3 rings (SSSR count). The van der Waals surface area contributed by atoms with Crippen LogP contribution >= 0.6 is 11.3 Å². The van der Waals surface area contributed by atoms with Gasteiger partial charge in [0, 0.05) is 18.3 Å². The molecule has 0 bridgehead atoms. The Bertz CT molecular complexity index is 1130. The third kappa shape index (κ3) is 6.46. The second-order valence-corrected chi connectivity index (χ2v) is 11.5. The summed E-state index contributed by atoms with van der Waals surface area (Å²) in [7, 11) is 0. The minimum Gasteiger partial charge on any atom is -0.457 e. The summed E-state index contributed by atoms with van der Waals surface area (Å²) in [6.07, 6.45) is 4.17. The number of nitrogens with zero attached hydrogens (tertiary/aromatic N) is 1. The van der Waals surface area contributed by atoms with E-state index in [0.29, 0.717) is 12.8 Å². The SMILES string of the molecule is CC1=CC[C@@H](c2ccc3sc(C)nc3c2)OC(=O)C[C@H](O)C(C)(C)C(=O)[C@H](C)[C@@H](O)[C@@H](C)C=CC1. The van der Waals surface area contributed by atoms with Crippen molar-refractivity contribution >= 4 is 33.3 Å². The molecule has 190 valence electrons. The number of hydrogen-bond donors (Lipinski definition) is 2. The van der Waals surface area contributed by atoms with E-state index < -0.39 is 35.6 Å². The van der Waals surface area contributed by atoms with Crippen LogP contribution in [0.5, 0.6) is 0 Å². The molecule has 0 amide bonds. The van der Waals surface area contributed by atoms with Gasteiger partial charge in [0.1, 0.15) is 11.9 Å². The first kappa shape index (κ1) is 27.2. The largest absolute Gasteiger partial charge is 0.457 e. The Morgan fingerprint density at radius 3 is 2.57 bits per heavy atom. The van der Waals surface area contributed by atoms with Crippen LogP contribution in [0.25, 0.3) is 10.2 Å². The van der Waals surface area contributed by atoms with Gasteiger partial charge >= 0.3 is 5.97 Å². The second kappa shape index (κ2) is 11.1. The average molecular weight is 500 g/mol. The average Bonchev–Trinajstić information content (AvgIpc) is 3.18. The number of carbonyl (C=O) groups excluding carboxylic acids is 2. The smallest absolute Gasteiger partial charge is 0.309 e. The van der Waals surface area contributed by atoms with Crippen molar-refractivity contribution in [2.45, 2.75) is 79.1 Å². The zero-order chi connectivity index (χ0) is 25.9. The van der Waals surface area contributed by atoms with Gasteiger partial charge in [-0.25, -0.2) is 4.98 Å². The minimum atomic E-state index is -1.24. The molecular weight excluding hydrogens is 462 g/mol. The molecule has 1 aliphatic heterocycles. The lowest BCUT2D eigenvalue weighted by Gasteiger charge is -2.34. The van der Waals surface area contributed by atoms with Gasteiger partial charge in [0.15, 0.2) is 0 Å². The number of ketones is 1. The monoisotopic (exact) mass is 499 g/mol. The van der Waals surface area contributed by atoms with Crippen molar-refractivity contribution in [2.75, 3.05) is 0 Å². The van der Waals surface area contributed by atoms with Gasteiger partial charge < -0.3 is 14.9 Å². The van der Waals surface area contributed by atoms with Crippen LogP contribution in [0, 0.1) is 24.2 Å². The Balaban J connectivity index is 1.95. The van der Waals surface area contributed by atoms with Crippen molar-refractivity contribution in [3.63, 3.8) is 0 Å². The number of aliphatic hydroxyl groups is 2. The molecule has 0 unspecified atom stereocenters. The number of cyclic esters (lactones) is 1. The Morgan fingerprint density at radius 2 is 1.86 bits per heavy atom. The molecule has 0 saturated carbocycles. The lowest BCUT2D eigenvalue weighted by Crippen LogP contribution is -2.45. The standard InChI is InChI=1S/C28H37NO5S/c1-16-8-7-9-17(2)26(32)18(3)27(33)28(5,6)24(30)15-25(31)34-22(12-10-16)20-11-13-23-21(14-20)29-19(4)35-23/h7,9-11,13-14,17-18,22,24,26,30,32H,8,12,15H2,1-6H3/t17-,18+,22-,24-,26-/m0/s1. The van der Waals surface area contributed by atoms with E-state index in [2.05, 4.69) is 11.1 Å². The van der Waals surface area contributed by atoms with Crippen molar-refractivity contribution in [2.24, 2.45) is 17.3 Å². The fourth-order valence-corrected chi connectivity index (χ4v) is 5.27. The number of aryl methyl sites for hydroxylation is 1. The number of hydrogen-bond acceptors (Lipinski definition) is 7. The fraction of sp³-hybridized carbons (Fsp3) is 0.536. The molecule has 35 heavy (non-hydrogen) atoms. The molecule has 7 heteroatoms. The van der Waals surface area contributed by atoms with Crippen molar-refractivity contribution < 1.29 is 24.5 Å². The zero-order valence-corrected chi connectivity index (χ0v) is 22.3. The van der Waals surface area contributed by atoms with E-state index in [4.69, 9.17) is 4.74 Å². The second-order valence-electron chi connectivity index (χ2n) is 10.3. The lowest BCUT2D eigenvalue weighted by atomic mass is 9.73. The van der Waals surface area contributed by atoms with Crippen molar-refractivity contribution in [1.29, 1.82) is 0 Å². The molecular formula is C28H37NO5S. The minimum absolute atomic E-state index is 0.228. The van der Waals surface area contributed by atoms with Crippen LogP contribution in [0.1, 0.15) is 70.6 Å². The summed E-state index contributed by atoms with van der Waals surface area (Å²) in [5.74, 6) is -1.78. The van der Waals surface area contributed by atoms with E-state index in [1.165, 1.54) is 0 Å². The predicted molar refractivity (Wildman–Crippen MR) is 139 cm³/mol. The van der Waals surface area contributed by atoms with Crippen molar-refractivity contribution in [3.05, 3.63) is 52.6 Å². The molecule has 6 nitrogen and oxygen atoms in total. The first-order chi connectivity index (χ1) is 16.4. The predicted octanol–water partition coefficient (Wildman–Crippen LogP) is 5.46. The van der Waals surface area contributed by atoms with Crippen LogP contribution in [0.4, 0.5) is 0 Å². The van der Waals surface area contributed by atoms with Gasteiger partial charge in [0.05, 0.1) is 39.3 Å². The molecule has 1 aromatic heterocycles. The molecule has 2 N–H and O–H groups in total. The number of esters is 1. The van der Waals surface area contributed by atoms with Gasteiger partial charge in [-0.3, -0.25) is 9.59 Å². The normalized spacial score (nSPS) is 29.1. The number of Topliss-reactive ketones (excluding diaryl/α,β-unsaturated/α-hetero) is 1. The van der Waals surface area contributed by atoms with E-state index in [9.17, 15) is 19.8 Å². The Labute approximate surface area is 211 Å². The molecule has 5 atom stereocenters. The number of allylic oxidation sites excluding steroid dienone is 2. The number of thiazole rings is 1. The highest BCUT2D eigenvalue weighted by Crippen LogP contribution is 2.33. The van der Waals surface area contributed by atoms with Crippen LogP contribution in [0.2, 0.25) is 0 Å². The number of aromatic nitrogens is 1. The summed E-state index contributed by atoms with van der Waals surface area (Å²) in [6, 6.07) is 5.90. The van der Waals surface area contributed by atoms with Gasteiger partial charge in [0.25, 0.3) is 0 Å². The van der Waals surface area contributed by atoms with Crippen LogP contribution < -0.4 is 0 Å². The maximum Gasteiger partial charge on any atom is 0.309 e. The molecule has 1 aromatic carbocycles. The summed E-state index contributed by atoms with van der Waals surface area (Å²) in [6.45, 7) is 10.7. The van der Waals surface area contributed by atoms with E-state index in [1.54, 1.807) is 32.1 Å². The first-order valence-corrected chi connectivity index (χ1v) is 13.0. The first-order valence-electron chi connectivity index (χ1n) is 12.2. The summed E-state index contributed by atoms with van der Waals surface area (Å²) >= 11 is 1.61. The highest BCUT2D eigenvalue weighted by Gasteiger charge is 2.42. The zero-order valence-electron chi connectivity index (χ0n) is 21.4. The molecule has 0 radical (unpaired) electrons. The Morgan fingerprint density at radius 1 is 1.14 bits per heavy atom. The van der Waals surface area contributed by atoms with E-state index in [1.807, 2.05) is 51.1 Å². The van der Waals surface area contributed by atoms with E-state index >= 15 is 0 Å². The fourth-order valence-electron chi connectivity index (χ4n) is 4.47. The number of fused-ring (bicyclic) bond motifs is 1. The summed E-state index contributed by atoms with van der Waals surface area (Å²) in [4.78, 5) is 30.7. The summed E-state index contributed by atoms with van der Waals surface area (Å²) < 4.78 is 6.93. The third-order valence-electron chi connectivity index (χ3n) is 7.02. The third-order valence-corrected chi connectivity index (χ3v) is 7.97. The molecule has 2 heterocycles. The summed E-state index contributed by atoms with van der Waals surface area (Å²) in [5, 5.41) is 22.6. The number of rotatable bonds is 1. The molecule has 0 saturated heterocycles. The number of ether oxygens (including phenoxy) is 1. The van der Waals surface area contributed by atoms with Gasteiger partial charge in [0.2, 0.25) is 0 Å². The van der Waals surface area contributed by atoms with Gasteiger partial charge in [-0.05, 0) is 38.0 Å². The van der Waals surface area contributed by atoms with Crippen LogP contribution in [0.3, 0.4) is 0 Å². The highest BCUT2D eigenvalue weighted by atomic mass is 32.1. The van der Waals surface area contributed by atoms with E-state index in [0.717, 1.165) is 26.4 Å². The van der Waals surface area contributed by atoms with Gasteiger partial charge in [-0.2, -0.15) is 0 Å². The molecule has 0 fully saturated rings. The summed E-state index contributed by atoms with van der Waals surface area (Å²) in [5.41, 5.74) is 1.59. The topological polar surface area (TPSA) is 96.7 Å². The van der Waals surface area contributed by atoms with E-state index in [-0.39, 0.29) is 18.1 Å². The highest BCUT2D eigenvalue weighted by molar-refractivity contribution is 7.18. The number of aliphatic hydroxyl groups excluding tert-OH is 2. The van der Waals surface area contributed by atoms with Crippen LogP contribution in [0.15, 0.2) is 42.0 Å². The van der Waals surface area contributed by atoms with Crippen LogP contribution in [-0.2, 0) is 14.3 Å². The lowest BCUT2D eigenvalue weighted by molar-refractivity contribution is -0.155. The molecule has 2 aromatic rings. The van der Waals surface area contributed by atoms with Gasteiger partial charge in [-0.15, -0.1) is 11.3 Å². The Kier molecular flexibility index (Phi) is 8.67. The van der Waals surface area contributed by atoms with Gasteiger partial charge in [-0.1, -0.05) is 57.6 Å². The maximum atomic E-state index is 13.2. The molecule has 0 aliphatic carbocycles. The molecule has 1 aliphatic rings. The quantitative estimate of drug-likeness (QED) is 0.399. The van der Waals surface area contributed by atoms with Crippen molar-refractivity contribution in [1.82, 2.24) is 4.98 Å². The Hall–Kier alpha value is -2.35. The molecule has 0 spiro atoms. The van der Waals surface area contributed by atoms with Crippen LogP contribution in [-0.4, -0.2) is 39.2 Å². The maximum absolute atomic E-state index is 13.2. The van der Waals surface area contributed by atoms with Crippen molar-refractivity contribution in [3.8, 4) is 0 Å². The number of benzene rings is 1.